The summed E-state index contributed by atoms with van der Waals surface area (Å²) in [4.78, 5) is 83.3. The first kappa shape index (κ1) is 74.7. The van der Waals surface area contributed by atoms with Crippen LogP contribution in [0.15, 0.2) is 84.9 Å². The number of phenols is 1. The number of carbonyl (C=O) groups excluding carboxylic acids is 7. The Labute approximate surface area is 498 Å². The van der Waals surface area contributed by atoms with Gasteiger partial charge in [0.05, 0.1) is 35.2 Å². The fourth-order valence-electron chi connectivity index (χ4n) is 8.94. The molecular weight excluding hydrogens is 1160 g/mol. The van der Waals surface area contributed by atoms with Crippen LogP contribution in [0, 0.1) is 23.3 Å². The highest BCUT2D eigenvalue weighted by molar-refractivity contribution is 6.62. The summed E-state index contributed by atoms with van der Waals surface area (Å²) in [6.07, 6.45) is 7.10. The minimum Gasteiger partial charge on any atom is -0.508 e. The normalized spacial score (nSPS) is 17.6. The van der Waals surface area contributed by atoms with Gasteiger partial charge in [-0.2, -0.15) is 0 Å². The summed E-state index contributed by atoms with van der Waals surface area (Å²) in [5.74, 6) is -6.18. The lowest BCUT2D eigenvalue weighted by Crippen LogP contribution is -2.40. The molecule has 460 valence electrons. The average molecular weight is 1230 g/mol. The third-order valence-electron chi connectivity index (χ3n) is 12.9. The van der Waals surface area contributed by atoms with Crippen LogP contribution in [0.2, 0.25) is 0 Å². The van der Waals surface area contributed by atoms with E-state index < -0.39 is 57.6 Å². The Bertz CT molecular complexity index is 2570. The molecule has 0 spiro atoms. The van der Waals surface area contributed by atoms with Crippen LogP contribution >= 0.6 is 34.8 Å². The maximum Gasteiger partial charge on any atom is 0.415 e. The van der Waals surface area contributed by atoms with Gasteiger partial charge in [-0.15, -0.1) is 23.2 Å². The van der Waals surface area contributed by atoms with Crippen molar-refractivity contribution in [3.8, 4) is 11.5 Å². The monoisotopic (exact) mass is 1230 g/mol. The van der Waals surface area contributed by atoms with Gasteiger partial charge in [-0.3, -0.25) is 38.6 Å². The highest BCUT2D eigenvalue weighted by Gasteiger charge is 2.32. The zero-order chi connectivity index (χ0) is 59.9. The standard InChI is InChI=1S/C15H15F2NO5.C14H19NO2.C12H17NO.C8H12ClNO3.C7H4F2O2.CH2Cl2.2CH4/c1-9(20)22-8-10-3-2-4-18(10)15(21)23-11-5-13(16)12(7-19)14(17)6-11;1-12(16)17-11-14-8-5-9-15(14)10-13-6-3-2-4-7-13;14-10-12-7-4-8-13(12)9-11-5-2-1-3-6-11;1-6(11)13-5-7-3-2-4-10(7)8(9)12;8-6-1-4(11)2-7(9)5(6)3-10;2-1-3;;/h5-7,10H,2-4,8H2,1H3;2-4,6-7,14H,5,8-11H2,1H3;1-3,5-6,12,14H,4,7-10H2;7H,2-5H2,1H3;1-3,11H;1H2;2*1H4/t10-;14-;12-;7-;;;;/m0000..../s1. The maximum absolute atomic E-state index is 13.5. The van der Waals surface area contributed by atoms with Gasteiger partial charge in [-0.1, -0.05) is 75.5 Å². The average Bonchev–Trinajstić information content (AvgIpc) is 4.33. The lowest BCUT2D eigenvalue weighted by atomic mass is 10.2. The number of alkyl halides is 2. The van der Waals surface area contributed by atoms with Crippen LogP contribution < -0.4 is 4.74 Å². The van der Waals surface area contributed by atoms with E-state index in [-0.39, 0.29) is 75.8 Å². The first-order valence-electron chi connectivity index (χ1n) is 26.0. The summed E-state index contributed by atoms with van der Waals surface area (Å²) in [6, 6.07) is 24.2. The Morgan fingerprint density at radius 3 is 1.31 bits per heavy atom. The number of hydrogen-bond acceptors (Lipinski definition) is 15. The molecule has 4 aromatic carbocycles. The number of phenolic OH excluding ortho intramolecular Hbond substituents is 1. The zero-order valence-corrected chi connectivity index (χ0v) is 47.6. The second-order valence-corrected chi connectivity index (χ2v) is 19.8. The van der Waals surface area contributed by atoms with Crippen LogP contribution in [0.4, 0.5) is 27.2 Å². The van der Waals surface area contributed by atoms with Crippen LogP contribution in [0.25, 0.3) is 0 Å². The molecule has 17 nitrogen and oxygen atoms in total. The van der Waals surface area contributed by atoms with Crippen molar-refractivity contribution >= 4 is 76.7 Å². The van der Waals surface area contributed by atoms with Gasteiger partial charge in [0.15, 0.2) is 12.6 Å². The molecule has 4 saturated heterocycles. The van der Waals surface area contributed by atoms with Gasteiger partial charge in [0, 0.05) is 83.3 Å². The van der Waals surface area contributed by atoms with Crippen LogP contribution in [0.5, 0.6) is 11.5 Å². The third-order valence-corrected chi connectivity index (χ3v) is 13.1. The van der Waals surface area contributed by atoms with Gasteiger partial charge >= 0.3 is 29.4 Å². The molecular formula is C59H77Cl3F4N4O13. The van der Waals surface area contributed by atoms with Crippen molar-refractivity contribution in [3.63, 3.8) is 0 Å². The summed E-state index contributed by atoms with van der Waals surface area (Å²) in [7, 11) is 0. The topological polar surface area (TPSA) is 210 Å². The molecule has 4 fully saturated rings. The Morgan fingerprint density at radius 2 is 0.916 bits per heavy atom. The summed E-state index contributed by atoms with van der Waals surface area (Å²) >= 11 is 14.9. The van der Waals surface area contributed by atoms with Crippen molar-refractivity contribution in [1.82, 2.24) is 19.6 Å². The summed E-state index contributed by atoms with van der Waals surface area (Å²) in [5, 5.41) is 17.5. The fourth-order valence-corrected chi connectivity index (χ4v) is 9.17. The van der Waals surface area contributed by atoms with Crippen molar-refractivity contribution in [1.29, 1.82) is 0 Å². The number of aldehydes is 2. The number of amides is 2. The van der Waals surface area contributed by atoms with Crippen molar-refractivity contribution in [2.75, 3.05) is 57.9 Å². The number of likely N-dealkylation sites (tertiary alicyclic amines) is 4. The van der Waals surface area contributed by atoms with Crippen molar-refractivity contribution in [3.05, 3.63) is 130 Å². The van der Waals surface area contributed by atoms with Crippen molar-refractivity contribution in [2.45, 2.75) is 124 Å². The molecule has 2 amide bonds. The number of carbonyl (C=O) groups is 7. The van der Waals surface area contributed by atoms with E-state index in [2.05, 4.69) is 58.3 Å². The number of hydrogen-bond donors (Lipinski definition) is 2. The van der Waals surface area contributed by atoms with Crippen LogP contribution in [-0.4, -0.2) is 154 Å². The van der Waals surface area contributed by atoms with Crippen LogP contribution in [-0.2, 0) is 41.7 Å². The summed E-state index contributed by atoms with van der Waals surface area (Å²) in [5.41, 5.74) is 1.27. The Morgan fingerprint density at radius 1 is 0.566 bits per heavy atom. The molecule has 4 aliphatic heterocycles. The van der Waals surface area contributed by atoms with Gasteiger partial charge in [-0.25, -0.2) is 22.4 Å². The molecule has 24 heteroatoms. The molecule has 0 unspecified atom stereocenters. The Kier molecular flexibility index (Phi) is 36.7. The quantitative estimate of drug-likeness (QED) is 0.0229. The molecule has 8 rings (SSSR count). The fraction of sp³-hybridized carbons (Fsp3) is 0.475. The Balaban J connectivity index is 0.000000520. The number of nitrogens with zero attached hydrogens (tertiary/aromatic N) is 4. The highest BCUT2D eigenvalue weighted by Crippen LogP contribution is 2.25. The molecule has 0 bridgehead atoms. The zero-order valence-electron chi connectivity index (χ0n) is 45.3. The smallest absolute Gasteiger partial charge is 0.415 e. The van der Waals surface area contributed by atoms with E-state index in [9.17, 15) is 56.2 Å². The number of esters is 3. The van der Waals surface area contributed by atoms with Crippen LogP contribution in [0.3, 0.4) is 0 Å². The largest absolute Gasteiger partial charge is 0.508 e. The predicted molar refractivity (Wildman–Crippen MR) is 309 cm³/mol. The first-order chi connectivity index (χ1) is 38.7. The van der Waals surface area contributed by atoms with E-state index in [4.69, 9.17) is 58.9 Å². The van der Waals surface area contributed by atoms with E-state index >= 15 is 0 Å². The van der Waals surface area contributed by atoms with Crippen molar-refractivity contribution in [2.24, 2.45) is 0 Å². The summed E-state index contributed by atoms with van der Waals surface area (Å²) in [6.45, 7) is 10.4. The van der Waals surface area contributed by atoms with Gasteiger partial charge in [0.2, 0.25) is 0 Å². The molecule has 0 aromatic heterocycles. The van der Waals surface area contributed by atoms with Gasteiger partial charge in [0.1, 0.15) is 54.6 Å². The molecule has 4 atom stereocenters. The minimum absolute atomic E-state index is 0. The number of aromatic hydroxyl groups is 1. The molecule has 2 N–H and O–H groups in total. The molecule has 0 radical (unpaired) electrons. The number of aliphatic hydroxyl groups excluding tert-OH is 1. The lowest BCUT2D eigenvalue weighted by molar-refractivity contribution is -0.143. The second-order valence-electron chi connectivity index (χ2n) is 18.7. The van der Waals surface area contributed by atoms with E-state index in [1.807, 2.05) is 12.1 Å². The SMILES string of the molecule is C.C.CC(=O)OC[C@@H]1CCCN1C(=O)Cl.CC(=O)OC[C@@H]1CCCN1C(=O)Oc1cc(F)c(C=O)c(F)c1.CC(=O)OC[C@@H]1CCCN1Cc1ccccc1.ClCCl.O=Cc1c(F)cc(O)cc1F.OC[C@@H]1CCCN1Cc1ccccc1. The van der Waals surface area contributed by atoms with Gasteiger partial charge < -0.3 is 39.0 Å². The number of aliphatic hydroxyl groups is 1. The number of rotatable bonds is 14. The predicted octanol–water partition coefficient (Wildman–Crippen LogP) is 11.7. The van der Waals surface area contributed by atoms with E-state index in [1.165, 1.54) is 54.5 Å². The first-order valence-corrected chi connectivity index (χ1v) is 27.4. The molecule has 4 heterocycles. The lowest BCUT2D eigenvalue weighted by Gasteiger charge is -2.23. The maximum atomic E-state index is 13.5. The van der Waals surface area contributed by atoms with Gasteiger partial charge in [-0.05, 0) is 87.2 Å². The number of benzene rings is 4. The van der Waals surface area contributed by atoms with E-state index in [0.29, 0.717) is 63.4 Å². The minimum atomic E-state index is -1.11. The second kappa shape index (κ2) is 40.8. The third kappa shape index (κ3) is 27.3. The molecule has 83 heavy (non-hydrogen) atoms. The van der Waals surface area contributed by atoms with E-state index in [1.54, 1.807) is 0 Å². The van der Waals surface area contributed by atoms with Crippen molar-refractivity contribution < 1.29 is 80.3 Å². The Hall–Kier alpha value is -6.36. The number of ether oxygens (including phenoxy) is 4. The molecule has 0 saturated carbocycles. The van der Waals surface area contributed by atoms with Gasteiger partial charge in [0.25, 0.3) is 0 Å². The van der Waals surface area contributed by atoms with Crippen LogP contribution in [0.1, 0.15) is 119 Å². The molecule has 4 aromatic rings. The molecule has 0 aliphatic carbocycles. The number of halogens is 7. The molecule has 4 aliphatic rings. The highest BCUT2D eigenvalue weighted by atomic mass is 35.5. The summed E-state index contributed by atoms with van der Waals surface area (Å²) < 4.78 is 71.7. The van der Waals surface area contributed by atoms with E-state index in [0.717, 1.165) is 64.0 Å².